The van der Waals surface area contributed by atoms with E-state index in [1.165, 1.54) is 0 Å². The van der Waals surface area contributed by atoms with Crippen LogP contribution in [-0.2, 0) is 4.79 Å². The maximum Gasteiger partial charge on any atom is 0.246 e. The molecule has 4 heteroatoms. The summed E-state index contributed by atoms with van der Waals surface area (Å²) in [5, 5.41) is 4.21. The van der Waals surface area contributed by atoms with Crippen molar-refractivity contribution in [2.75, 3.05) is 13.1 Å². The average Bonchev–Trinajstić information content (AvgIpc) is 2.53. The quantitative estimate of drug-likeness (QED) is 0.865. The number of piperazine rings is 1. The van der Waals surface area contributed by atoms with E-state index in [1.54, 1.807) is 6.08 Å². The third kappa shape index (κ3) is 4.32. The van der Waals surface area contributed by atoms with E-state index in [2.05, 4.69) is 19.2 Å². The van der Waals surface area contributed by atoms with Crippen LogP contribution in [0, 0.1) is 0 Å². The standard InChI is InChI=1S/C17H23ClN2O/c1-3-15-12-20(16(4-2)11-19-15)17(21)10-7-13-5-8-14(18)9-6-13/h5-10,15-16,19H,3-4,11-12H2,1-2H3. The number of halogens is 1. The molecule has 0 aliphatic carbocycles. The zero-order chi connectivity index (χ0) is 15.2. The molecule has 0 radical (unpaired) electrons. The molecule has 0 bridgehead atoms. The minimum atomic E-state index is 0.0942. The summed E-state index contributed by atoms with van der Waals surface area (Å²) in [6.45, 7) is 5.95. The molecule has 0 saturated carbocycles. The molecule has 1 saturated heterocycles. The van der Waals surface area contributed by atoms with Crippen molar-refractivity contribution in [3.63, 3.8) is 0 Å². The fourth-order valence-electron chi connectivity index (χ4n) is 2.61. The van der Waals surface area contributed by atoms with Crippen LogP contribution in [0.2, 0.25) is 5.02 Å². The maximum absolute atomic E-state index is 12.5. The Morgan fingerprint density at radius 3 is 2.67 bits per heavy atom. The molecule has 2 rings (SSSR count). The molecular weight excluding hydrogens is 284 g/mol. The molecule has 1 amide bonds. The van der Waals surface area contributed by atoms with E-state index in [-0.39, 0.29) is 11.9 Å². The summed E-state index contributed by atoms with van der Waals surface area (Å²) in [5.74, 6) is 0.0942. The third-order valence-electron chi connectivity index (χ3n) is 4.04. The normalized spacial score (nSPS) is 22.7. The monoisotopic (exact) mass is 306 g/mol. The molecule has 1 aromatic rings. The largest absolute Gasteiger partial charge is 0.333 e. The van der Waals surface area contributed by atoms with Gasteiger partial charge in [-0.15, -0.1) is 0 Å². The van der Waals surface area contributed by atoms with Crippen LogP contribution in [-0.4, -0.2) is 36.0 Å². The summed E-state index contributed by atoms with van der Waals surface area (Å²) >= 11 is 5.86. The summed E-state index contributed by atoms with van der Waals surface area (Å²) in [4.78, 5) is 14.5. The second kappa shape index (κ2) is 7.62. The van der Waals surface area contributed by atoms with Gasteiger partial charge < -0.3 is 10.2 Å². The summed E-state index contributed by atoms with van der Waals surface area (Å²) in [5.41, 5.74) is 0.989. The van der Waals surface area contributed by atoms with Crippen LogP contribution < -0.4 is 5.32 Å². The molecule has 2 unspecified atom stereocenters. The van der Waals surface area contributed by atoms with Gasteiger partial charge in [-0.1, -0.05) is 37.6 Å². The number of benzene rings is 1. The molecule has 2 atom stereocenters. The highest BCUT2D eigenvalue weighted by atomic mass is 35.5. The zero-order valence-electron chi connectivity index (χ0n) is 12.7. The Morgan fingerprint density at radius 1 is 1.33 bits per heavy atom. The van der Waals surface area contributed by atoms with Crippen LogP contribution in [0.15, 0.2) is 30.3 Å². The minimum Gasteiger partial charge on any atom is -0.333 e. The lowest BCUT2D eigenvalue weighted by Crippen LogP contribution is -2.57. The molecular formula is C17H23ClN2O. The Morgan fingerprint density at radius 2 is 2.05 bits per heavy atom. The minimum absolute atomic E-state index is 0.0942. The first-order valence-electron chi connectivity index (χ1n) is 7.61. The zero-order valence-corrected chi connectivity index (χ0v) is 13.4. The lowest BCUT2D eigenvalue weighted by molar-refractivity contribution is -0.129. The summed E-state index contributed by atoms with van der Waals surface area (Å²) in [6.07, 6.45) is 5.55. The summed E-state index contributed by atoms with van der Waals surface area (Å²) in [7, 11) is 0. The van der Waals surface area contributed by atoms with Crippen molar-refractivity contribution >= 4 is 23.6 Å². The molecule has 1 N–H and O–H groups in total. The van der Waals surface area contributed by atoms with Gasteiger partial charge in [0.15, 0.2) is 0 Å². The van der Waals surface area contributed by atoms with E-state index >= 15 is 0 Å². The number of hydrogen-bond donors (Lipinski definition) is 1. The van der Waals surface area contributed by atoms with E-state index < -0.39 is 0 Å². The Kier molecular flexibility index (Phi) is 5.83. The summed E-state index contributed by atoms with van der Waals surface area (Å²) < 4.78 is 0. The van der Waals surface area contributed by atoms with Crippen LogP contribution in [0.3, 0.4) is 0 Å². The first-order chi connectivity index (χ1) is 10.1. The molecule has 1 aliphatic heterocycles. The van der Waals surface area contributed by atoms with Gasteiger partial charge in [0.25, 0.3) is 0 Å². The Labute approximate surface area is 132 Å². The number of nitrogens with zero attached hydrogens (tertiary/aromatic N) is 1. The van der Waals surface area contributed by atoms with Crippen LogP contribution in [0.1, 0.15) is 32.3 Å². The second-order valence-electron chi connectivity index (χ2n) is 5.45. The Hall–Kier alpha value is -1.32. The molecule has 114 valence electrons. The predicted molar refractivity (Wildman–Crippen MR) is 88.4 cm³/mol. The van der Waals surface area contributed by atoms with Crippen LogP contribution >= 0.6 is 11.6 Å². The molecule has 0 aromatic heterocycles. The Balaban J connectivity index is 2.04. The van der Waals surface area contributed by atoms with Gasteiger partial charge in [-0.05, 0) is 36.6 Å². The SMILES string of the molecule is CCC1CN(C(=O)C=Cc2ccc(Cl)cc2)C(CC)CN1. The number of carbonyl (C=O) groups excluding carboxylic acids is 1. The number of amides is 1. The lowest BCUT2D eigenvalue weighted by atomic mass is 10.0. The van der Waals surface area contributed by atoms with E-state index in [0.29, 0.717) is 11.1 Å². The average molecular weight is 307 g/mol. The number of hydrogen-bond acceptors (Lipinski definition) is 2. The van der Waals surface area contributed by atoms with Gasteiger partial charge in [0, 0.05) is 36.3 Å². The van der Waals surface area contributed by atoms with Gasteiger partial charge in [0.1, 0.15) is 0 Å². The van der Waals surface area contributed by atoms with Gasteiger partial charge in [-0.2, -0.15) is 0 Å². The number of rotatable bonds is 4. The van der Waals surface area contributed by atoms with Gasteiger partial charge in [0.05, 0.1) is 0 Å². The van der Waals surface area contributed by atoms with Crippen molar-refractivity contribution in [2.24, 2.45) is 0 Å². The van der Waals surface area contributed by atoms with Crippen molar-refractivity contribution in [3.05, 3.63) is 40.9 Å². The molecule has 1 fully saturated rings. The van der Waals surface area contributed by atoms with Crippen molar-refractivity contribution in [2.45, 2.75) is 38.8 Å². The maximum atomic E-state index is 12.5. The van der Waals surface area contributed by atoms with Gasteiger partial charge in [-0.25, -0.2) is 0 Å². The van der Waals surface area contributed by atoms with E-state index in [4.69, 9.17) is 11.6 Å². The highest BCUT2D eigenvalue weighted by Crippen LogP contribution is 2.14. The first-order valence-corrected chi connectivity index (χ1v) is 7.99. The van der Waals surface area contributed by atoms with E-state index in [0.717, 1.165) is 31.5 Å². The van der Waals surface area contributed by atoms with Crippen LogP contribution in [0.5, 0.6) is 0 Å². The van der Waals surface area contributed by atoms with Crippen molar-refractivity contribution in [3.8, 4) is 0 Å². The number of nitrogens with one attached hydrogen (secondary N) is 1. The molecule has 1 aliphatic rings. The van der Waals surface area contributed by atoms with Gasteiger partial charge in [0.2, 0.25) is 5.91 Å². The number of carbonyl (C=O) groups is 1. The first kappa shape index (κ1) is 16.1. The smallest absolute Gasteiger partial charge is 0.246 e. The molecule has 21 heavy (non-hydrogen) atoms. The van der Waals surface area contributed by atoms with Crippen molar-refractivity contribution in [1.82, 2.24) is 10.2 Å². The van der Waals surface area contributed by atoms with Crippen LogP contribution in [0.25, 0.3) is 6.08 Å². The highest BCUT2D eigenvalue weighted by molar-refractivity contribution is 6.30. The fraction of sp³-hybridized carbons (Fsp3) is 0.471. The van der Waals surface area contributed by atoms with E-state index in [9.17, 15) is 4.79 Å². The van der Waals surface area contributed by atoms with Crippen LogP contribution in [0.4, 0.5) is 0 Å². The van der Waals surface area contributed by atoms with E-state index in [1.807, 2.05) is 35.2 Å². The Bertz CT molecular complexity index is 498. The van der Waals surface area contributed by atoms with Crippen molar-refractivity contribution in [1.29, 1.82) is 0 Å². The molecule has 0 spiro atoms. The topological polar surface area (TPSA) is 32.3 Å². The van der Waals surface area contributed by atoms with Gasteiger partial charge >= 0.3 is 0 Å². The second-order valence-corrected chi connectivity index (χ2v) is 5.89. The summed E-state index contributed by atoms with van der Waals surface area (Å²) in [6, 6.07) is 8.18. The molecule has 3 nitrogen and oxygen atoms in total. The highest BCUT2D eigenvalue weighted by Gasteiger charge is 2.28. The fourth-order valence-corrected chi connectivity index (χ4v) is 2.74. The molecule has 1 aromatic carbocycles. The van der Waals surface area contributed by atoms with Gasteiger partial charge in [-0.3, -0.25) is 4.79 Å². The third-order valence-corrected chi connectivity index (χ3v) is 4.29. The molecule has 1 heterocycles. The van der Waals surface area contributed by atoms with Crippen molar-refractivity contribution < 1.29 is 4.79 Å². The lowest BCUT2D eigenvalue weighted by Gasteiger charge is -2.39. The predicted octanol–water partition coefficient (Wildman–Crippen LogP) is 3.34.